The Labute approximate surface area is 157 Å². The van der Waals surface area contributed by atoms with Crippen LogP contribution in [-0.4, -0.2) is 34.8 Å². The highest BCUT2D eigenvalue weighted by atomic mass is 19.4. The number of ether oxygens (including phenoxy) is 1. The van der Waals surface area contributed by atoms with Crippen molar-refractivity contribution in [1.29, 1.82) is 0 Å². The van der Waals surface area contributed by atoms with Crippen LogP contribution < -0.4 is 20.3 Å². The molecule has 1 aliphatic rings. The van der Waals surface area contributed by atoms with Gasteiger partial charge in [0.15, 0.2) is 11.6 Å². The molecule has 0 radical (unpaired) electrons. The number of alkyl halides is 3. The molecular weight excluding hydrogens is 379 g/mol. The topological polar surface area (TPSA) is 96.5 Å². The van der Waals surface area contributed by atoms with Crippen molar-refractivity contribution in [3.05, 3.63) is 42.2 Å². The zero-order valence-electron chi connectivity index (χ0n) is 14.7. The minimum absolute atomic E-state index is 0.176. The highest BCUT2D eigenvalue weighted by molar-refractivity contribution is 6.07. The van der Waals surface area contributed by atoms with Gasteiger partial charge >= 0.3 is 12.4 Å². The monoisotopic (exact) mass is 395 g/mol. The summed E-state index contributed by atoms with van der Waals surface area (Å²) in [4.78, 5) is 33.7. The number of anilines is 2. The van der Waals surface area contributed by atoms with E-state index < -0.39 is 24.3 Å². The number of aromatic nitrogens is 2. The summed E-state index contributed by atoms with van der Waals surface area (Å²) in [5.74, 6) is -0.377. The molecule has 0 saturated carbocycles. The number of urea groups is 1. The molecule has 1 aliphatic heterocycles. The zero-order chi connectivity index (χ0) is 20.3. The molecular formula is C17H16F3N5O3. The average molecular weight is 395 g/mol. The van der Waals surface area contributed by atoms with Gasteiger partial charge in [0.25, 0.3) is 0 Å². The number of nitrogens with zero attached hydrogens (tertiary/aromatic N) is 3. The molecule has 0 aliphatic carbocycles. The highest BCUT2D eigenvalue weighted by Crippen LogP contribution is 2.27. The summed E-state index contributed by atoms with van der Waals surface area (Å²) in [6.07, 6.45) is -1.52. The van der Waals surface area contributed by atoms with Crippen molar-refractivity contribution in [2.75, 3.05) is 16.8 Å². The van der Waals surface area contributed by atoms with Gasteiger partial charge in [-0.3, -0.25) is 9.69 Å². The van der Waals surface area contributed by atoms with Crippen molar-refractivity contribution >= 4 is 23.6 Å². The predicted molar refractivity (Wildman–Crippen MR) is 92.7 cm³/mol. The predicted octanol–water partition coefficient (Wildman–Crippen LogP) is 2.99. The van der Waals surface area contributed by atoms with Gasteiger partial charge in [-0.1, -0.05) is 19.1 Å². The Kier molecular flexibility index (Phi) is 5.34. The molecule has 3 amide bonds. The molecule has 3 rings (SSSR count). The minimum atomic E-state index is -4.77. The van der Waals surface area contributed by atoms with Crippen LogP contribution in [0.4, 0.5) is 29.6 Å². The lowest BCUT2D eigenvalue weighted by molar-refractivity contribution is -0.274. The Morgan fingerprint density at radius 1 is 1.29 bits per heavy atom. The third-order valence-electron chi connectivity index (χ3n) is 3.96. The first kappa shape index (κ1) is 19.4. The van der Waals surface area contributed by atoms with E-state index in [1.54, 1.807) is 0 Å². The summed E-state index contributed by atoms with van der Waals surface area (Å²) >= 11 is 0. The number of benzene rings is 1. The van der Waals surface area contributed by atoms with Crippen molar-refractivity contribution < 1.29 is 27.5 Å². The van der Waals surface area contributed by atoms with Crippen LogP contribution in [0, 0.1) is 0 Å². The van der Waals surface area contributed by atoms with Gasteiger partial charge in [-0.25, -0.2) is 14.8 Å². The average Bonchev–Trinajstić information content (AvgIpc) is 2.64. The zero-order valence-corrected chi connectivity index (χ0v) is 14.7. The molecule has 0 spiro atoms. The van der Waals surface area contributed by atoms with Crippen LogP contribution in [0.5, 0.6) is 5.75 Å². The Hall–Kier alpha value is -3.37. The first-order valence-electron chi connectivity index (χ1n) is 8.31. The summed E-state index contributed by atoms with van der Waals surface area (Å²) < 4.78 is 40.6. The van der Waals surface area contributed by atoms with Crippen LogP contribution in [0.15, 0.2) is 36.7 Å². The van der Waals surface area contributed by atoms with Crippen molar-refractivity contribution in [2.24, 2.45) is 0 Å². The van der Waals surface area contributed by atoms with Gasteiger partial charge in [-0.05, 0) is 24.1 Å². The Bertz CT molecular complexity index is 873. The highest BCUT2D eigenvalue weighted by Gasteiger charge is 2.32. The molecule has 0 saturated heterocycles. The minimum Gasteiger partial charge on any atom is -0.406 e. The lowest BCUT2D eigenvalue weighted by Gasteiger charge is -2.29. The quantitative estimate of drug-likeness (QED) is 0.830. The Morgan fingerprint density at radius 3 is 2.61 bits per heavy atom. The lowest BCUT2D eigenvalue weighted by atomic mass is 10.0. The number of carbonyl (C=O) groups is 2. The van der Waals surface area contributed by atoms with E-state index in [2.05, 4.69) is 25.3 Å². The van der Waals surface area contributed by atoms with Crippen LogP contribution in [0.3, 0.4) is 0 Å². The molecule has 1 atom stereocenters. The lowest BCUT2D eigenvalue weighted by Crippen LogP contribution is -2.48. The van der Waals surface area contributed by atoms with E-state index in [9.17, 15) is 22.8 Å². The second-order valence-corrected chi connectivity index (χ2v) is 5.89. The summed E-state index contributed by atoms with van der Waals surface area (Å²) in [5, 5.41) is 5.29. The molecule has 148 valence electrons. The first-order chi connectivity index (χ1) is 13.3. The summed E-state index contributed by atoms with van der Waals surface area (Å²) in [6.45, 7) is 1.58. The maximum Gasteiger partial charge on any atom is 0.573 e. The Balaban J connectivity index is 1.74. The molecule has 0 bridgehead atoms. The fraction of sp³-hybridized carbons (Fsp3) is 0.294. The third kappa shape index (κ3) is 4.48. The van der Waals surface area contributed by atoms with Crippen molar-refractivity contribution in [1.82, 2.24) is 15.3 Å². The fourth-order valence-electron chi connectivity index (χ4n) is 2.72. The van der Waals surface area contributed by atoms with Crippen LogP contribution in [0.1, 0.15) is 24.9 Å². The van der Waals surface area contributed by atoms with Gasteiger partial charge in [0.1, 0.15) is 12.3 Å². The van der Waals surface area contributed by atoms with E-state index in [0.29, 0.717) is 12.0 Å². The smallest absolute Gasteiger partial charge is 0.406 e. The van der Waals surface area contributed by atoms with Crippen molar-refractivity contribution in [3.63, 3.8) is 0 Å². The standard InChI is InChI=1S/C17H16F3N5O3/c1-2-12(10-3-5-11(6-4-10)28-17(18,19)20)23-16(27)25-9-13(26)24-14-15(25)22-8-7-21-14/h3-8,12H,2,9H2,1H3,(H,23,27)(H,21,24,26). The molecule has 2 aromatic rings. The molecule has 0 fully saturated rings. The van der Waals surface area contributed by atoms with Gasteiger partial charge in [0, 0.05) is 12.4 Å². The van der Waals surface area contributed by atoms with E-state index in [-0.39, 0.29) is 23.9 Å². The third-order valence-corrected chi connectivity index (χ3v) is 3.96. The molecule has 11 heteroatoms. The number of halogens is 3. The maximum atomic E-state index is 12.7. The summed E-state index contributed by atoms with van der Waals surface area (Å²) in [6, 6.07) is 4.16. The largest absolute Gasteiger partial charge is 0.573 e. The fourth-order valence-corrected chi connectivity index (χ4v) is 2.72. The Morgan fingerprint density at radius 2 is 1.96 bits per heavy atom. The van der Waals surface area contributed by atoms with Gasteiger partial charge < -0.3 is 15.4 Å². The van der Waals surface area contributed by atoms with E-state index in [0.717, 1.165) is 4.90 Å². The number of rotatable bonds is 4. The normalized spacial score (nSPS) is 14.7. The first-order valence-corrected chi connectivity index (χ1v) is 8.31. The van der Waals surface area contributed by atoms with E-state index >= 15 is 0 Å². The molecule has 8 nitrogen and oxygen atoms in total. The van der Waals surface area contributed by atoms with Gasteiger partial charge in [0.2, 0.25) is 5.91 Å². The van der Waals surface area contributed by atoms with Gasteiger partial charge in [-0.15, -0.1) is 13.2 Å². The summed E-state index contributed by atoms with van der Waals surface area (Å²) in [7, 11) is 0. The van der Waals surface area contributed by atoms with Crippen molar-refractivity contribution in [3.8, 4) is 5.75 Å². The van der Waals surface area contributed by atoms with E-state index in [1.807, 2.05) is 6.92 Å². The van der Waals surface area contributed by atoms with Crippen LogP contribution >= 0.6 is 0 Å². The molecule has 1 aromatic carbocycles. The maximum absolute atomic E-state index is 12.7. The number of hydrogen-bond donors (Lipinski definition) is 2. The number of hydrogen-bond acceptors (Lipinski definition) is 5. The number of fused-ring (bicyclic) bond motifs is 1. The van der Waals surface area contributed by atoms with Crippen molar-refractivity contribution in [2.45, 2.75) is 25.7 Å². The molecule has 2 N–H and O–H groups in total. The van der Waals surface area contributed by atoms with E-state index in [4.69, 9.17) is 0 Å². The molecule has 28 heavy (non-hydrogen) atoms. The molecule has 2 heterocycles. The van der Waals surface area contributed by atoms with Gasteiger partial charge in [-0.2, -0.15) is 0 Å². The van der Waals surface area contributed by atoms with Crippen LogP contribution in [-0.2, 0) is 4.79 Å². The van der Waals surface area contributed by atoms with Crippen LogP contribution in [0.2, 0.25) is 0 Å². The number of amides is 3. The SMILES string of the molecule is CCC(NC(=O)N1CC(=O)Nc2nccnc21)c1ccc(OC(F)(F)F)cc1. The van der Waals surface area contributed by atoms with Crippen LogP contribution in [0.25, 0.3) is 0 Å². The second-order valence-electron chi connectivity index (χ2n) is 5.89. The van der Waals surface area contributed by atoms with Gasteiger partial charge in [0.05, 0.1) is 6.04 Å². The molecule has 1 unspecified atom stereocenters. The molecule has 1 aromatic heterocycles. The number of carbonyl (C=O) groups excluding carboxylic acids is 2. The second kappa shape index (κ2) is 7.71. The van der Waals surface area contributed by atoms with E-state index in [1.165, 1.54) is 36.7 Å². The number of nitrogens with one attached hydrogen (secondary N) is 2. The summed E-state index contributed by atoms with van der Waals surface area (Å²) in [5.41, 5.74) is 0.589.